The highest BCUT2D eigenvalue weighted by Crippen LogP contribution is 2.14. The molecule has 1 heterocycles. The summed E-state index contributed by atoms with van der Waals surface area (Å²) < 4.78 is 3.10. The number of aromatic nitrogens is 1. The molecule has 1 amide bonds. The van der Waals surface area contributed by atoms with E-state index in [0.717, 1.165) is 20.6 Å². The molecule has 5 heteroatoms. The number of thiazole rings is 1. The molecule has 0 saturated carbocycles. The van der Waals surface area contributed by atoms with Gasteiger partial charge in [0, 0.05) is 13.1 Å². The Morgan fingerprint density at radius 3 is 2.65 bits per heavy atom. The fourth-order valence-electron chi connectivity index (χ4n) is 2.18. The number of para-hydroxylation sites is 1. The van der Waals surface area contributed by atoms with E-state index in [-0.39, 0.29) is 5.91 Å². The van der Waals surface area contributed by atoms with Crippen LogP contribution in [0.3, 0.4) is 0 Å². The van der Waals surface area contributed by atoms with Crippen LogP contribution in [0.5, 0.6) is 0 Å². The summed E-state index contributed by atoms with van der Waals surface area (Å²) in [5.41, 5.74) is 5.85. The van der Waals surface area contributed by atoms with Gasteiger partial charge < -0.3 is 4.57 Å². The number of rotatable bonds is 3. The highest BCUT2D eigenvalue weighted by Gasteiger charge is 2.01. The lowest BCUT2D eigenvalue weighted by Gasteiger charge is -1.96. The van der Waals surface area contributed by atoms with Crippen LogP contribution in [-0.2, 0) is 11.8 Å². The zero-order valence-electron chi connectivity index (χ0n) is 13.0. The van der Waals surface area contributed by atoms with Gasteiger partial charge in [-0.25, -0.2) is 5.43 Å². The normalized spacial score (nSPS) is 12.2. The highest BCUT2D eigenvalue weighted by molar-refractivity contribution is 7.16. The van der Waals surface area contributed by atoms with E-state index in [1.807, 2.05) is 67.1 Å². The van der Waals surface area contributed by atoms with Crippen molar-refractivity contribution in [3.05, 3.63) is 70.5 Å². The molecule has 2 aromatic carbocycles. The maximum absolute atomic E-state index is 11.9. The van der Waals surface area contributed by atoms with E-state index < -0.39 is 0 Å². The standard InChI is InChI=1S/C18H17N3OS/c1-13-7-9-14(10-8-13)11-12-17(22)19-20-18-21(2)15-5-3-4-6-16(15)23-18/h3-12H,1-2H3,(H,19,22)/b12-11+,20-18+. The summed E-state index contributed by atoms with van der Waals surface area (Å²) >= 11 is 1.54. The maximum atomic E-state index is 11.9. The Balaban J connectivity index is 1.74. The first-order valence-electron chi connectivity index (χ1n) is 7.26. The number of hydrogen-bond acceptors (Lipinski definition) is 3. The van der Waals surface area contributed by atoms with E-state index in [0.29, 0.717) is 0 Å². The molecule has 0 aliphatic rings. The van der Waals surface area contributed by atoms with Crippen LogP contribution >= 0.6 is 11.3 Å². The van der Waals surface area contributed by atoms with Gasteiger partial charge >= 0.3 is 0 Å². The Bertz CT molecular complexity index is 933. The van der Waals surface area contributed by atoms with Crippen molar-refractivity contribution in [2.24, 2.45) is 12.1 Å². The van der Waals surface area contributed by atoms with Crippen LogP contribution in [-0.4, -0.2) is 10.5 Å². The molecular weight excluding hydrogens is 306 g/mol. The molecule has 0 fully saturated rings. The van der Waals surface area contributed by atoms with Gasteiger partial charge in [-0.3, -0.25) is 4.79 Å². The Labute approximate surface area is 138 Å². The first-order valence-corrected chi connectivity index (χ1v) is 8.08. The van der Waals surface area contributed by atoms with Crippen molar-refractivity contribution in [1.29, 1.82) is 0 Å². The van der Waals surface area contributed by atoms with Crippen LogP contribution in [0, 0.1) is 6.92 Å². The molecule has 0 radical (unpaired) electrons. The fourth-order valence-corrected chi connectivity index (χ4v) is 3.16. The summed E-state index contributed by atoms with van der Waals surface area (Å²) in [6, 6.07) is 16.0. The Kier molecular flexibility index (Phi) is 4.39. The van der Waals surface area contributed by atoms with E-state index in [9.17, 15) is 4.79 Å². The predicted octanol–water partition coefficient (Wildman–Crippen LogP) is 3.19. The van der Waals surface area contributed by atoms with Gasteiger partial charge in [0.2, 0.25) is 4.80 Å². The smallest absolute Gasteiger partial charge is 0.264 e. The maximum Gasteiger partial charge on any atom is 0.264 e. The largest absolute Gasteiger partial charge is 0.318 e. The molecular formula is C18H17N3OS. The SMILES string of the molecule is Cc1ccc(/C=C/C(=O)N/N=c2/sc3ccccc3n2C)cc1. The molecule has 0 bridgehead atoms. The summed E-state index contributed by atoms with van der Waals surface area (Å²) in [7, 11) is 1.94. The van der Waals surface area contributed by atoms with E-state index in [1.165, 1.54) is 23.0 Å². The summed E-state index contributed by atoms with van der Waals surface area (Å²) in [5.74, 6) is -0.247. The van der Waals surface area contributed by atoms with Crippen LogP contribution < -0.4 is 10.2 Å². The molecule has 0 saturated heterocycles. The van der Waals surface area contributed by atoms with Crippen LogP contribution in [0.4, 0.5) is 0 Å². The van der Waals surface area contributed by atoms with Gasteiger partial charge in [-0.2, -0.15) is 0 Å². The number of nitrogens with one attached hydrogen (secondary N) is 1. The Hall–Kier alpha value is -2.66. The minimum Gasteiger partial charge on any atom is -0.318 e. The molecule has 3 aromatic rings. The van der Waals surface area contributed by atoms with Gasteiger partial charge in [-0.1, -0.05) is 53.3 Å². The van der Waals surface area contributed by atoms with Gasteiger partial charge in [-0.05, 0) is 30.7 Å². The van der Waals surface area contributed by atoms with Gasteiger partial charge in [0.25, 0.3) is 5.91 Å². The topological polar surface area (TPSA) is 46.4 Å². The third kappa shape index (κ3) is 3.57. The molecule has 1 aromatic heterocycles. The third-order valence-electron chi connectivity index (χ3n) is 3.48. The number of benzene rings is 2. The monoisotopic (exact) mass is 323 g/mol. The van der Waals surface area contributed by atoms with Crippen molar-refractivity contribution in [2.75, 3.05) is 0 Å². The summed E-state index contributed by atoms with van der Waals surface area (Å²) in [6.07, 6.45) is 3.26. The average Bonchev–Trinajstić information content (AvgIpc) is 2.89. The molecule has 23 heavy (non-hydrogen) atoms. The molecule has 4 nitrogen and oxygen atoms in total. The van der Waals surface area contributed by atoms with Crippen LogP contribution in [0.25, 0.3) is 16.3 Å². The van der Waals surface area contributed by atoms with Crippen molar-refractivity contribution in [3.8, 4) is 0 Å². The highest BCUT2D eigenvalue weighted by atomic mass is 32.1. The molecule has 0 aliphatic carbocycles. The minimum atomic E-state index is -0.247. The first kappa shape index (κ1) is 15.2. The Morgan fingerprint density at radius 1 is 1.17 bits per heavy atom. The minimum absolute atomic E-state index is 0.247. The lowest BCUT2D eigenvalue weighted by atomic mass is 10.1. The van der Waals surface area contributed by atoms with Gasteiger partial charge in [0.05, 0.1) is 10.2 Å². The zero-order chi connectivity index (χ0) is 16.2. The second-order valence-electron chi connectivity index (χ2n) is 5.24. The second-order valence-corrected chi connectivity index (χ2v) is 6.25. The molecule has 1 N–H and O–H groups in total. The van der Waals surface area contributed by atoms with E-state index in [4.69, 9.17) is 0 Å². The summed E-state index contributed by atoms with van der Waals surface area (Å²) in [5, 5.41) is 4.20. The second kappa shape index (κ2) is 6.62. The fraction of sp³-hybridized carbons (Fsp3) is 0.111. The van der Waals surface area contributed by atoms with Crippen molar-refractivity contribution >= 4 is 33.5 Å². The van der Waals surface area contributed by atoms with Crippen LogP contribution in [0.15, 0.2) is 59.7 Å². The molecule has 3 rings (SSSR count). The third-order valence-corrected chi connectivity index (χ3v) is 4.59. The van der Waals surface area contributed by atoms with Crippen molar-refractivity contribution in [2.45, 2.75) is 6.92 Å². The molecule has 0 atom stereocenters. The average molecular weight is 323 g/mol. The lowest BCUT2D eigenvalue weighted by Crippen LogP contribution is -2.21. The predicted molar refractivity (Wildman–Crippen MR) is 94.7 cm³/mol. The lowest BCUT2D eigenvalue weighted by molar-refractivity contribution is -0.116. The van der Waals surface area contributed by atoms with Crippen molar-refractivity contribution < 1.29 is 4.79 Å². The first-order chi connectivity index (χ1) is 11.1. The Morgan fingerprint density at radius 2 is 1.91 bits per heavy atom. The number of amides is 1. The number of carbonyl (C=O) groups is 1. The van der Waals surface area contributed by atoms with Gasteiger partial charge in [0.1, 0.15) is 0 Å². The van der Waals surface area contributed by atoms with E-state index >= 15 is 0 Å². The van der Waals surface area contributed by atoms with E-state index in [1.54, 1.807) is 6.08 Å². The number of aryl methyl sites for hydroxylation is 2. The summed E-state index contributed by atoms with van der Waals surface area (Å²) in [6.45, 7) is 2.03. The van der Waals surface area contributed by atoms with Crippen LogP contribution in [0.1, 0.15) is 11.1 Å². The van der Waals surface area contributed by atoms with E-state index in [2.05, 4.69) is 10.5 Å². The molecule has 116 valence electrons. The van der Waals surface area contributed by atoms with Gasteiger partial charge in [0.15, 0.2) is 0 Å². The molecule has 0 unspecified atom stereocenters. The zero-order valence-corrected chi connectivity index (χ0v) is 13.8. The van der Waals surface area contributed by atoms with Gasteiger partial charge in [-0.15, -0.1) is 5.10 Å². The number of nitrogens with zero attached hydrogens (tertiary/aromatic N) is 2. The van der Waals surface area contributed by atoms with Crippen molar-refractivity contribution in [1.82, 2.24) is 9.99 Å². The number of fused-ring (bicyclic) bond motifs is 1. The summed E-state index contributed by atoms with van der Waals surface area (Å²) in [4.78, 5) is 12.6. The molecule has 0 spiro atoms. The number of carbonyl (C=O) groups excluding carboxylic acids is 1. The quantitative estimate of drug-likeness (QED) is 0.584. The van der Waals surface area contributed by atoms with Crippen molar-refractivity contribution in [3.63, 3.8) is 0 Å². The van der Waals surface area contributed by atoms with Crippen LogP contribution in [0.2, 0.25) is 0 Å². The number of hydrogen-bond donors (Lipinski definition) is 1. The molecule has 0 aliphatic heterocycles.